The fraction of sp³-hybridized carbons (Fsp3) is 0.583. The summed E-state index contributed by atoms with van der Waals surface area (Å²) in [7, 11) is 0. The molecular weight excluding hydrogens is 442 g/mol. The van der Waals surface area contributed by atoms with Gasteiger partial charge in [-0.05, 0) is 79.6 Å². The number of carbonyl (C=O) groups is 2. The molecule has 1 heterocycles. The molecule has 0 radical (unpaired) electrons. The Balaban J connectivity index is 1.26. The number of piperidine rings is 1. The van der Waals surface area contributed by atoms with Crippen LogP contribution in [-0.2, 0) is 16.1 Å². The highest BCUT2D eigenvalue weighted by Crippen LogP contribution is 2.72. The van der Waals surface area contributed by atoms with E-state index in [1.165, 1.54) is 0 Å². The minimum Gasteiger partial charge on any atom is -0.356 e. The number of nitrogens with one attached hydrogen (secondary N) is 3. The smallest absolute Gasteiger partial charge is 0.224 e. The summed E-state index contributed by atoms with van der Waals surface area (Å²) in [5, 5.41) is 9.72. The third kappa shape index (κ3) is 3.62. The number of hydrogen-bond donors (Lipinski definition) is 3. The predicted molar refractivity (Wildman–Crippen MR) is 119 cm³/mol. The molecule has 1 spiro atoms. The molecule has 2 amide bonds. The lowest BCUT2D eigenvalue weighted by molar-refractivity contribution is -0.135. The highest BCUT2D eigenvalue weighted by atomic mass is 79.9. The van der Waals surface area contributed by atoms with E-state index in [1.807, 2.05) is 24.3 Å². The molecule has 2 bridgehead atoms. The van der Waals surface area contributed by atoms with Crippen LogP contribution in [0.4, 0.5) is 0 Å². The Kier molecular flexibility index (Phi) is 5.48. The van der Waals surface area contributed by atoms with Gasteiger partial charge in [0.25, 0.3) is 0 Å². The minimum atomic E-state index is -0.244. The van der Waals surface area contributed by atoms with Crippen molar-refractivity contribution < 1.29 is 9.59 Å². The van der Waals surface area contributed by atoms with E-state index < -0.39 is 0 Å². The lowest BCUT2D eigenvalue weighted by atomic mass is 9.81. The van der Waals surface area contributed by atoms with E-state index >= 15 is 0 Å². The molecule has 5 nitrogen and oxygen atoms in total. The molecule has 1 aromatic rings. The van der Waals surface area contributed by atoms with Gasteiger partial charge in [-0.15, -0.1) is 0 Å². The van der Waals surface area contributed by atoms with Crippen LogP contribution >= 0.6 is 15.9 Å². The standard InChI is InChI=1S/C24H30BrN3O2/c25-17-3-1-15(2-4-17)13-27-22(29)20-18-5-6-19(24(18)9-10-24)21(20)23(30)28-14-16-7-11-26-12-8-16/h1-6,16,18-21,26H,7-14H2,(H,27,29)(H,28,30)/t18-,19+,20+,21+/m0/s1. The zero-order chi connectivity index (χ0) is 20.7. The normalized spacial score (nSPS) is 31.1. The lowest BCUT2D eigenvalue weighted by Gasteiger charge is -2.28. The van der Waals surface area contributed by atoms with Crippen molar-refractivity contribution in [3.63, 3.8) is 0 Å². The van der Waals surface area contributed by atoms with Gasteiger partial charge in [-0.25, -0.2) is 0 Å². The summed E-state index contributed by atoms with van der Waals surface area (Å²) in [6.45, 7) is 3.29. The molecule has 3 aliphatic carbocycles. The van der Waals surface area contributed by atoms with Crippen molar-refractivity contribution in [3.05, 3.63) is 46.5 Å². The van der Waals surface area contributed by atoms with E-state index in [1.54, 1.807) is 0 Å². The van der Waals surface area contributed by atoms with Crippen molar-refractivity contribution in [2.45, 2.75) is 32.2 Å². The first-order valence-corrected chi connectivity index (χ1v) is 12.1. The van der Waals surface area contributed by atoms with Crippen LogP contribution in [0.1, 0.15) is 31.2 Å². The molecule has 3 N–H and O–H groups in total. The maximum absolute atomic E-state index is 13.3. The van der Waals surface area contributed by atoms with Crippen molar-refractivity contribution in [2.75, 3.05) is 19.6 Å². The largest absolute Gasteiger partial charge is 0.356 e. The Morgan fingerprint density at radius 2 is 1.57 bits per heavy atom. The van der Waals surface area contributed by atoms with Crippen molar-refractivity contribution in [1.29, 1.82) is 0 Å². The summed E-state index contributed by atoms with van der Waals surface area (Å²) in [4.78, 5) is 26.5. The Morgan fingerprint density at radius 3 is 2.17 bits per heavy atom. The summed E-state index contributed by atoms with van der Waals surface area (Å²) in [6.07, 6.45) is 8.95. The molecule has 3 fully saturated rings. The first-order valence-electron chi connectivity index (χ1n) is 11.3. The first-order chi connectivity index (χ1) is 14.6. The van der Waals surface area contributed by atoms with Crippen LogP contribution in [0.2, 0.25) is 0 Å². The fourth-order valence-corrected chi connectivity index (χ4v) is 6.33. The van der Waals surface area contributed by atoms with Crippen LogP contribution in [0.15, 0.2) is 40.9 Å². The summed E-state index contributed by atoms with van der Waals surface area (Å²) in [5.41, 5.74) is 1.24. The number of halogens is 1. The van der Waals surface area contributed by atoms with E-state index in [9.17, 15) is 9.59 Å². The molecule has 1 aromatic carbocycles. The summed E-state index contributed by atoms with van der Waals surface area (Å²) in [5.74, 6) is 0.619. The molecule has 4 atom stereocenters. The number of amides is 2. The van der Waals surface area contributed by atoms with Crippen molar-refractivity contribution >= 4 is 27.7 Å². The second-order valence-electron chi connectivity index (χ2n) is 9.50. The van der Waals surface area contributed by atoms with Gasteiger partial charge in [-0.1, -0.05) is 40.2 Å². The maximum Gasteiger partial charge on any atom is 0.224 e. The second-order valence-corrected chi connectivity index (χ2v) is 10.4. The molecule has 0 unspecified atom stereocenters. The number of allylic oxidation sites excluding steroid dienone is 2. The Morgan fingerprint density at radius 1 is 0.967 bits per heavy atom. The number of carbonyl (C=O) groups excluding carboxylic acids is 2. The van der Waals surface area contributed by atoms with Crippen LogP contribution in [0.5, 0.6) is 0 Å². The number of rotatable bonds is 6. The molecule has 0 aromatic heterocycles. The van der Waals surface area contributed by atoms with Gasteiger partial charge in [0.15, 0.2) is 0 Å². The summed E-state index contributed by atoms with van der Waals surface area (Å²) < 4.78 is 1.02. The van der Waals surface area contributed by atoms with Crippen LogP contribution < -0.4 is 16.0 Å². The van der Waals surface area contributed by atoms with Gasteiger partial charge in [0.1, 0.15) is 0 Å². The minimum absolute atomic E-state index is 0.0306. The molecule has 6 heteroatoms. The third-order valence-electron chi connectivity index (χ3n) is 7.85. The van der Waals surface area contributed by atoms with E-state index in [-0.39, 0.29) is 40.9 Å². The SMILES string of the molecule is O=C(NCC1CCNCC1)[C@H]1[C@H](C(=O)NCc2ccc(Br)cc2)[C@@H]2C=C[C@H]1C21CC1. The molecular formula is C24H30BrN3O2. The quantitative estimate of drug-likeness (QED) is 0.558. The van der Waals surface area contributed by atoms with Gasteiger partial charge < -0.3 is 16.0 Å². The van der Waals surface area contributed by atoms with Crippen molar-refractivity contribution in [3.8, 4) is 0 Å². The number of benzene rings is 1. The van der Waals surface area contributed by atoms with Gasteiger partial charge >= 0.3 is 0 Å². The summed E-state index contributed by atoms with van der Waals surface area (Å²) >= 11 is 3.45. The highest BCUT2D eigenvalue weighted by Gasteiger charge is 2.69. The summed E-state index contributed by atoms with van der Waals surface area (Å²) in [6, 6.07) is 7.99. The van der Waals surface area contributed by atoms with Crippen LogP contribution in [0.25, 0.3) is 0 Å². The van der Waals surface area contributed by atoms with Crippen LogP contribution in [0, 0.1) is 35.0 Å². The van der Waals surface area contributed by atoms with Crippen molar-refractivity contribution in [1.82, 2.24) is 16.0 Å². The zero-order valence-electron chi connectivity index (χ0n) is 17.2. The fourth-order valence-electron chi connectivity index (χ4n) is 6.07. The molecule has 4 aliphatic rings. The zero-order valence-corrected chi connectivity index (χ0v) is 18.8. The monoisotopic (exact) mass is 471 g/mol. The van der Waals surface area contributed by atoms with Gasteiger partial charge in [0.2, 0.25) is 11.8 Å². The Bertz CT molecular complexity index is 843. The molecule has 2 saturated carbocycles. The molecule has 30 heavy (non-hydrogen) atoms. The average molecular weight is 472 g/mol. The molecule has 1 saturated heterocycles. The van der Waals surface area contributed by atoms with E-state index in [4.69, 9.17) is 0 Å². The second kappa shape index (κ2) is 8.12. The Labute approximate surface area is 186 Å². The van der Waals surface area contributed by atoms with Crippen molar-refractivity contribution in [2.24, 2.45) is 35.0 Å². The third-order valence-corrected chi connectivity index (χ3v) is 8.38. The Hall–Kier alpha value is -1.66. The van der Waals surface area contributed by atoms with Gasteiger partial charge in [-0.3, -0.25) is 9.59 Å². The highest BCUT2D eigenvalue weighted by molar-refractivity contribution is 9.10. The average Bonchev–Trinajstić information content (AvgIpc) is 3.44. The van der Waals surface area contributed by atoms with E-state index in [2.05, 4.69) is 44.0 Å². The van der Waals surface area contributed by atoms with Gasteiger partial charge in [0, 0.05) is 17.6 Å². The molecule has 5 rings (SSSR count). The van der Waals surface area contributed by atoms with Crippen LogP contribution in [-0.4, -0.2) is 31.4 Å². The number of hydrogen-bond acceptors (Lipinski definition) is 3. The maximum atomic E-state index is 13.3. The molecule has 1 aliphatic heterocycles. The topological polar surface area (TPSA) is 70.2 Å². The van der Waals surface area contributed by atoms with E-state index in [0.717, 1.165) is 55.4 Å². The predicted octanol–water partition coefficient (Wildman–Crippen LogP) is 3.01. The van der Waals surface area contributed by atoms with E-state index in [0.29, 0.717) is 12.5 Å². The van der Waals surface area contributed by atoms with Crippen LogP contribution in [0.3, 0.4) is 0 Å². The first kappa shape index (κ1) is 20.3. The van der Waals surface area contributed by atoms with Gasteiger partial charge in [0.05, 0.1) is 11.8 Å². The lowest BCUT2D eigenvalue weighted by Crippen LogP contribution is -2.45. The van der Waals surface area contributed by atoms with Gasteiger partial charge in [-0.2, -0.15) is 0 Å². The molecule has 160 valence electrons.